The van der Waals surface area contributed by atoms with Crippen molar-refractivity contribution in [2.24, 2.45) is 5.73 Å². The molecule has 16 heavy (non-hydrogen) atoms. The number of carbonyl (C=O) groups excluding carboxylic acids is 1. The average molecular weight is 295 g/mol. The second kappa shape index (κ2) is 5.88. The van der Waals surface area contributed by atoms with E-state index in [1.165, 1.54) is 6.07 Å². The molecule has 0 saturated heterocycles. The quantitative estimate of drug-likeness (QED) is 0.488. The van der Waals surface area contributed by atoms with Crippen molar-refractivity contribution in [2.45, 2.75) is 6.54 Å². The van der Waals surface area contributed by atoms with Gasteiger partial charge in [-0.05, 0) is 28.1 Å². The van der Waals surface area contributed by atoms with Crippen molar-refractivity contribution in [3.05, 3.63) is 33.8 Å². The Kier molecular flexibility index (Phi) is 4.78. The number of hydrogen-bond donors (Lipinski definition) is 2. The largest absolute Gasteiger partial charge is 0.368 e. The number of rotatable bonds is 5. The first-order chi connectivity index (χ1) is 7.52. The van der Waals surface area contributed by atoms with Crippen LogP contribution in [-0.2, 0) is 16.2 Å². The zero-order chi connectivity index (χ0) is 12.1. The lowest BCUT2D eigenvalue weighted by Crippen LogP contribution is -2.25. The molecule has 1 rings (SSSR count). The fourth-order valence-electron chi connectivity index (χ4n) is 0.976. The highest BCUT2D eigenvalue weighted by Gasteiger charge is 2.11. The second-order valence-electron chi connectivity index (χ2n) is 2.90. The number of nitrogens with two attached hydrogens (primary N) is 1. The highest BCUT2D eigenvalue weighted by molar-refractivity contribution is 9.10. The van der Waals surface area contributed by atoms with Gasteiger partial charge in [0.2, 0.25) is 5.91 Å². The maximum atomic E-state index is 13.4. The van der Waals surface area contributed by atoms with Crippen molar-refractivity contribution < 1.29 is 18.4 Å². The Bertz CT molecular complexity index is 401. The summed E-state index contributed by atoms with van der Waals surface area (Å²) in [5.41, 5.74) is 6.85. The van der Waals surface area contributed by atoms with Gasteiger partial charge in [0.05, 0.1) is 11.0 Å². The predicted molar refractivity (Wildman–Crippen MR) is 56.0 cm³/mol. The molecule has 0 aromatic heterocycles. The van der Waals surface area contributed by atoms with Crippen LogP contribution in [0.4, 0.5) is 8.78 Å². The normalized spacial score (nSPS) is 10.4. The van der Waals surface area contributed by atoms with Gasteiger partial charge in [0.25, 0.3) is 0 Å². The summed E-state index contributed by atoms with van der Waals surface area (Å²) < 4.78 is 26.7. The molecule has 0 atom stereocenters. The van der Waals surface area contributed by atoms with E-state index in [4.69, 9.17) is 5.73 Å². The first-order valence-electron chi connectivity index (χ1n) is 4.27. The van der Waals surface area contributed by atoms with Gasteiger partial charge in [0.1, 0.15) is 18.2 Å². The Labute approximate surface area is 98.8 Å². The fraction of sp³-hybridized carbons (Fsp3) is 0.222. The van der Waals surface area contributed by atoms with Gasteiger partial charge in [-0.2, -0.15) is 5.48 Å². The zero-order valence-electron chi connectivity index (χ0n) is 8.10. The number of nitrogens with one attached hydrogen (secondary N) is 1. The molecule has 0 bridgehead atoms. The fourth-order valence-corrected chi connectivity index (χ4v) is 1.35. The molecule has 1 aromatic rings. The number of hydrogen-bond acceptors (Lipinski definition) is 3. The molecular weight excluding hydrogens is 286 g/mol. The van der Waals surface area contributed by atoms with Gasteiger partial charge in [-0.3, -0.25) is 9.63 Å². The Morgan fingerprint density at radius 1 is 1.50 bits per heavy atom. The van der Waals surface area contributed by atoms with Crippen LogP contribution in [0.2, 0.25) is 0 Å². The summed E-state index contributed by atoms with van der Waals surface area (Å²) in [4.78, 5) is 14.9. The van der Waals surface area contributed by atoms with Crippen LogP contribution in [0.3, 0.4) is 0 Å². The molecule has 0 radical (unpaired) electrons. The lowest BCUT2D eigenvalue weighted by molar-refractivity contribution is -0.125. The van der Waals surface area contributed by atoms with E-state index in [0.717, 1.165) is 6.07 Å². The highest BCUT2D eigenvalue weighted by Crippen LogP contribution is 2.21. The smallest absolute Gasteiger partial charge is 0.245 e. The molecule has 3 N–H and O–H groups in total. The van der Waals surface area contributed by atoms with Gasteiger partial charge in [0.15, 0.2) is 0 Å². The van der Waals surface area contributed by atoms with Crippen molar-refractivity contribution >= 4 is 21.8 Å². The molecule has 0 aliphatic rings. The van der Waals surface area contributed by atoms with E-state index < -0.39 is 17.5 Å². The molecule has 0 spiro atoms. The molecular formula is C9H9BrF2N2O2. The number of carbonyl (C=O) groups is 1. The molecule has 4 nitrogen and oxygen atoms in total. The monoisotopic (exact) mass is 294 g/mol. The number of benzene rings is 1. The van der Waals surface area contributed by atoms with Gasteiger partial charge in [-0.15, -0.1) is 0 Å². The van der Waals surface area contributed by atoms with Crippen molar-refractivity contribution in [3.8, 4) is 0 Å². The number of hydroxylamine groups is 1. The topological polar surface area (TPSA) is 64.4 Å². The summed E-state index contributed by atoms with van der Waals surface area (Å²) in [5, 5.41) is 0. The second-order valence-corrected chi connectivity index (χ2v) is 3.75. The molecule has 1 aromatic carbocycles. The Hall–Kier alpha value is -1.05. The highest BCUT2D eigenvalue weighted by atomic mass is 79.9. The summed E-state index contributed by atoms with van der Waals surface area (Å²) in [6.07, 6.45) is 0. The molecule has 0 saturated carbocycles. The molecule has 1 amide bonds. The van der Waals surface area contributed by atoms with Crippen molar-refractivity contribution in [1.82, 2.24) is 5.48 Å². The standard InChI is InChI=1S/C9H9BrF2N2O2/c10-6-1-2-7(11)5(9(6)12)3-14-16-4-8(13)15/h1-2,14H,3-4H2,(H2,13,15). The van der Waals surface area contributed by atoms with Gasteiger partial charge in [-0.25, -0.2) is 8.78 Å². The van der Waals surface area contributed by atoms with Crippen LogP contribution in [0, 0.1) is 11.6 Å². The summed E-state index contributed by atoms with van der Waals surface area (Å²) in [5.74, 6) is -2.09. The van der Waals surface area contributed by atoms with Crippen LogP contribution in [-0.4, -0.2) is 12.5 Å². The Morgan fingerprint density at radius 2 is 2.19 bits per heavy atom. The SMILES string of the molecule is NC(=O)CONCc1c(F)ccc(Br)c1F. The van der Waals surface area contributed by atoms with E-state index in [1.807, 2.05) is 0 Å². The van der Waals surface area contributed by atoms with E-state index in [-0.39, 0.29) is 23.2 Å². The van der Waals surface area contributed by atoms with Gasteiger partial charge in [-0.1, -0.05) is 0 Å². The maximum Gasteiger partial charge on any atom is 0.245 e. The van der Waals surface area contributed by atoms with Gasteiger partial charge >= 0.3 is 0 Å². The Balaban J connectivity index is 2.60. The summed E-state index contributed by atoms with van der Waals surface area (Å²) in [6, 6.07) is 2.39. The minimum Gasteiger partial charge on any atom is -0.368 e. The van der Waals surface area contributed by atoms with E-state index in [1.54, 1.807) is 0 Å². The lowest BCUT2D eigenvalue weighted by atomic mass is 10.2. The van der Waals surface area contributed by atoms with Crippen LogP contribution in [0.15, 0.2) is 16.6 Å². The third-order valence-electron chi connectivity index (χ3n) is 1.70. The number of primary amides is 1. The summed E-state index contributed by atoms with van der Waals surface area (Å²) in [7, 11) is 0. The number of halogens is 3. The van der Waals surface area contributed by atoms with E-state index in [2.05, 4.69) is 26.2 Å². The molecule has 7 heteroatoms. The van der Waals surface area contributed by atoms with Crippen LogP contribution >= 0.6 is 15.9 Å². The lowest BCUT2D eigenvalue weighted by Gasteiger charge is -2.07. The predicted octanol–water partition coefficient (Wildman–Crippen LogP) is 1.23. The van der Waals surface area contributed by atoms with Crippen LogP contribution < -0.4 is 11.2 Å². The summed E-state index contributed by atoms with van der Waals surface area (Å²) >= 11 is 2.93. The first kappa shape index (κ1) is 13.0. The van der Waals surface area contributed by atoms with Crippen LogP contribution in [0.5, 0.6) is 0 Å². The minimum atomic E-state index is -0.713. The van der Waals surface area contributed by atoms with E-state index in [9.17, 15) is 13.6 Å². The number of amides is 1. The van der Waals surface area contributed by atoms with Crippen LogP contribution in [0.25, 0.3) is 0 Å². The van der Waals surface area contributed by atoms with Crippen LogP contribution in [0.1, 0.15) is 5.56 Å². The average Bonchev–Trinajstić information content (AvgIpc) is 2.22. The van der Waals surface area contributed by atoms with E-state index in [0.29, 0.717) is 0 Å². The molecule has 88 valence electrons. The third-order valence-corrected chi connectivity index (χ3v) is 2.32. The van der Waals surface area contributed by atoms with Crippen molar-refractivity contribution in [2.75, 3.05) is 6.61 Å². The minimum absolute atomic E-state index is 0.153. The Morgan fingerprint density at radius 3 is 2.81 bits per heavy atom. The molecule has 0 aliphatic carbocycles. The van der Waals surface area contributed by atoms with Crippen molar-refractivity contribution in [3.63, 3.8) is 0 Å². The summed E-state index contributed by atoms with van der Waals surface area (Å²) in [6.45, 7) is -0.568. The van der Waals surface area contributed by atoms with E-state index >= 15 is 0 Å². The molecule has 0 fully saturated rings. The van der Waals surface area contributed by atoms with Crippen molar-refractivity contribution in [1.29, 1.82) is 0 Å². The first-order valence-corrected chi connectivity index (χ1v) is 5.07. The van der Waals surface area contributed by atoms with Gasteiger partial charge in [0, 0.05) is 5.56 Å². The third kappa shape index (κ3) is 3.51. The zero-order valence-corrected chi connectivity index (χ0v) is 9.68. The molecule has 0 heterocycles. The molecule has 0 unspecified atom stereocenters. The van der Waals surface area contributed by atoms with Gasteiger partial charge < -0.3 is 5.73 Å². The molecule has 0 aliphatic heterocycles. The maximum absolute atomic E-state index is 13.4.